The summed E-state index contributed by atoms with van der Waals surface area (Å²) in [7, 11) is 1.40. The number of halogens is 1. The molecule has 1 atom stereocenters. The fraction of sp³-hybridized carbons (Fsp3) is 0.120. The van der Waals surface area contributed by atoms with Crippen molar-refractivity contribution in [2.24, 2.45) is 0 Å². The van der Waals surface area contributed by atoms with E-state index in [4.69, 9.17) is 9.15 Å². The highest BCUT2D eigenvalue weighted by molar-refractivity contribution is 9.10. The van der Waals surface area contributed by atoms with Crippen LogP contribution in [0.2, 0.25) is 0 Å². The van der Waals surface area contributed by atoms with E-state index in [1.54, 1.807) is 24.3 Å². The number of aromatic hydroxyl groups is 1. The molecular weight excluding hydrogens is 490 g/mol. The van der Waals surface area contributed by atoms with E-state index in [1.165, 1.54) is 30.4 Å². The van der Waals surface area contributed by atoms with Gasteiger partial charge in [0.15, 0.2) is 23.0 Å². The van der Waals surface area contributed by atoms with Gasteiger partial charge in [0, 0.05) is 0 Å². The van der Waals surface area contributed by atoms with Gasteiger partial charge in [-0.3, -0.25) is 9.59 Å². The van der Waals surface area contributed by atoms with Gasteiger partial charge in [-0.1, -0.05) is 36.4 Å². The van der Waals surface area contributed by atoms with Gasteiger partial charge in [0.1, 0.15) is 5.76 Å². The summed E-state index contributed by atoms with van der Waals surface area (Å²) in [5, 5.41) is 20.9. The Hall–Kier alpha value is -3.78. The van der Waals surface area contributed by atoms with Crippen molar-refractivity contribution >= 4 is 33.7 Å². The van der Waals surface area contributed by atoms with Crippen LogP contribution < -0.4 is 4.74 Å². The SMILES string of the molecule is COc1cc(C2C(C(=O)C=Cc3ccccc3)=C(O)C(=O)N2Cc2ccco2)cc(Br)c1O. The average molecular weight is 510 g/mol. The molecule has 0 bridgehead atoms. The van der Waals surface area contributed by atoms with Crippen molar-refractivity contribution in [2.75, 3.05) is 7.11 Å². The highest BCUT2D eigenvalue weighted by atomic mass is 79.9. The van der Waals surface area contributed by atoms with Crippen LogP contribution in [-0.2, 0) is 16.1 Å². The van der Waals surface area contributed by atoms with Gasteiger partial charge in [-0.2, -0.15) is 0 Å². The van der Waals surface area contributed by atoms with Gasteiger partial charge in [0.25, 0.3) is 5.91 Å². The molecule has 0 fully saturated rings. The van der Waals surface area contributed by atoms with E-state index in [-0.39, 0.29) is 23.6 Å². The van der Waals surface area contributed by atoms with E-state index in [2.05, 4.69) is 15.9 Å². The number of aliphatic hydroxyl groups excluding tert-OH is 1. The van der Waals surface area contributed by atoms with Crippen molar-refractivity contribution in [1.82, 2.24) is 4.90 Å². The summed E-state index contributed by atoms with van der Waals surface area (Å²) in [5.74, 6) is -1.32. The van der Waals surface area contributed by atoms with Crippen molar-refractivity contribution in [3.8, 4) is 11.5 Å². The number of phenols is 1. The van der Waals surface area contributed by atoms with Crippen LogP contribution in [0, 0.1) is 0 Å². The highest BCUT2D eigenvalue weighted by Crippen LogP contribution is 2.44. The first-order chi connectivity index (χ1) is 15.9. The van der Waals surface area contributed by atoms with Gasteiger partial charge >= 0.3 is 0 Å². The molecule has 1 aromatic heterocycles. The van der Waals surface area contributed by atoms with Gasteiger partial charge in [-0.05, 0) is 57.4 Å². The molecular formula is C25H20BrNO6. The van der Waals surface area contributed by atoms with Crippen molar-refractivity contribution in [2.45, 2.75) is 12.6 Å². The molecule has 168 valence electrons. The Kier molecular flexibility index (Phi) is 6.37. The maximum Gasteiger partial charge on any atom is 0.290 e. The molecule has 1 aliphatic rings. The summed E-state index contributed by atoms with van der Waals surface area (Å²) < 4.78 is 10.9. The van der Waals surface area contributed by atoms with Crippen LogP contribution in [0.3, 0.4) is 0 Å². The quantitative estimate of drug-likeness (QED) is 0.437. The van der Waals surface area contributed by atoms with E-state index in [0.29, 0.717) is 15.8 Å². The number of hydrogen-bond donors (Lipinski definition) is 2. The lowest BCUT2D eigenvalue weighted by atomic mass is 9.95. The number of ether oxygens (including phenoxy) is 1. The topological polar surface area (TPSA) is 100 Å². The lowest BCUT2D eigenvalue weighted by Gasteiger charge is -2.26. The molecule has 1 amide bonds. The van der Waals surface area contributed by atoms with Gasteiger partial charge in [-0.15, -0.1) is 0 Å². The van der Waals surface area contributed by atoms with Crippen LogP contribution >= 0.6 is 15.9 Å². The number of allylic oxidation sites excluding steroid dienone is 1. The Morgan fingerprint density at radius 1 is 1.18 bits per heavy atom. The molecule has 2 aromatic carbocycles. The molecule has 7 nitrogen and oxygen atoms in total. The number of carbonyl (C=O) groups is 2. The Bertz CT molecular complexity index is 1250. The first-order valence-electron chi connectivity index (χ1n) is 10.0. The maximum atomic E-state index is 13.2. The van der Waals surface area contributed by atoms with Crippen molar-refractivity contribution in [3.05, 3.63) is 99.6 Å². The monoisotopic (exact) mass is 509 g/mol. The average Bonchev–Trinajstić information content (AvgIpc) is 3.42. The van der Waals surface area contributed by atoms with Crippen molar-refractivity contribution < 1.29 is 29.0 Å². The number of phenolic OH excluding ortho intramolecular Hbond substituents is 1. The Morgan fingerprint density at radius 2 is 1.94 bits per heavy atom. The Balaban J connectivity index is 1.79. The molecule has 3 aromatic rings. The first kappa shape index (κ1) is 22.4. The maximum absolute atomic E-state index is 13.2. The van der Waals surface area contributed by atoms with Crippen LogP contribution in [0.4, 0.5) is 0 Å². The van der Waals surface area contributed by atoms with Gasteiger partial charge < -0.3 is 24.3 Å². The van der Waals surface area contributed by atoms with Crippen LogP contribution in [0.1, 0.15) is 22.9 Å². The number of carbonyl (C=O) groups excluding carboxylic acids is 2. The summed E-state index contributed by atoms with van der Waals surface area (Å²) in [4.78, 5) is 27.6. The molecule has 2 heterocycles. The van der Waals surface area contributed by atoms with E-state index in [9.17, 15) is 19.8 Å². The predicted octanol–water partition coefficient (Wildman–Crippen LogP) is 4.93. The normalized spacial score (nSPS) is 16.1. The second-order valence-corrected chi connectivity index (χ2v) is 8.19. The smallest absolute Gasteiger partial charge is 0.290 e. The third-order valence-electron chi connectivity index (χ3n) is 5.29. The number of nitrogens with zero attached hydrogens (tertiary/aromatic N) is 1. The third kappa shape index (κ3) is 4.42. The summed E-state index contributed by atoms with van der Waals surface area (Å²) >= 11 is 3.28. The molecule has 2 N–H and O–H groups in total. The number of hydrogen-bond acceptors (Lipinski definition) is 6. The number of ketones is 1. The molecule has 0 saturated carbocycles. The fourth-order valence-electron chi connectivity index (χ4n) is 3.72. The van der Waals surface area contributed by atoms with E-state index >= 15 is 0 Å². The number of benzene rings is 2. The molecule has 33 heavy (non-hydrogen) atoms. The van der Waals surface area contributed by atoms with Crippen molar-refractivity contribution in [3.63, 3.8) is 0 Å². The van der Waals surface area contributed by atoms with Gasteiger partial charge in [0.05, 0.1) is 36.0 Å². The third-order valence-corrected chi connectivity index (χ3v) is 5.89. The van der Waals surface area contributed by atoms with Crippen LogP contribution in [0.5, 0.6) is 11.5 Å². The number of methoxy groups -OCH3 is 1. The Morgan fingerprint density at radius 3 is 2.61 bits per heavy atom. The molecule has 0 radical (unpaired) electrons. The molecule has 1 aliphatic heterocycles. The second kappa shape index (κ2) is 9.38. The minimum atomic E-state index is -0.929. The number of rotatable bonds is 7. The zero-order chi connectivity index (χ0) is 23.5. The molecule has 0 aliphatic carbocycles. The number of aliphatic hydroxyl groups is 1. The predicted molar refractivity (Wildman–Crippen MR) is 124 cm³/mol. The summed E-state index contributed by atoms with van der Waals surface area (Å²) in [6.07, 6.45) is 4.42. The molecule has 8 heteroatoms. The van der Waals surface area contributed by atoms with E-state index < -0.39 is 23.5 Å². The van der Waals surface area contributed by atoms with Gasteiger partial charge in [-0.25, -0.2) is 0 Å². The fourth-order valence-corrected chi connectivity index (χ4v) is 4.18. The molecule has 0 saturated heterocycles. The minimum Gasteiger partial charge on any atom is -0.503 e. The highest BCUT2D eigenvalue weighted by Gasteiger charge is 2.43. The Labute approximate surface area is 198 Å². The summed E-state index contributed by atoms with van der Waals surface area (Å²) in [6.45, 7) is 0.0283. The first-order valence-corrected chi connectivity index (χ1v) is 10.8. The van der Waals surface area contributed by atoms with Crippen LogP contribution in [-0.4, -0.2) is 33.9 Å². The standard InChI is InChI=1S/C25H20BrNO6/c1-32-20-13-16(12-18(26)23(20)29)22-21(19(28)10-9-15-6-3-2-4-7-15)24(30)25(31)27(22)14-17-8-5-11-33-17/h2-13,22,29-30H,14H2,1H3. The van der Waals surface area contributed by atoms with Crippen LogP contribution in [0.25, 0.3) is 6.08 Å². The zero-order valence-corrected chi connectivity index (χ0v) is 19.2. The van der Waals surface area contributed by atoms with Crippen LogP contribution in [0.15, 0.2) is 87.2 Å². The number of furan rings is 1. The number of amides is 1. The largest absolute Gasteiger partial charge is 0.503 e. The second-order valence-electron chi connectivity index (χ2n) is 7.34. The molecule has 4 rings (SSSR count). The summed E-state index contributed by atoms with van der Waals surface area (Å²) in [6, 6.07) is 14.8. The van der Waals surface area contributed by atoms with E-state index in [0.717, 1.165) is 5.56 Å². The molecule has 0 spiro atoms. The van der Waals surface area contributed by atoms with Gasteiger partial charge in [0.2, 0.25) is 0 Å². The minimum absolute atomic E-state index is 0.0283. The van der Waals surface area contributed by atoms with E-state index in [1.807, 2.05) is 30.3 Å². The lowest BCUT2D eigenvalue weighted by Crippen LogP contribution is -2.30. The molecule has 1 unspecified atom stereocenters. The summed E-state index contributed by atoms with van der Waals surface area (Å²) in [5.41, 5.74) is 1.20. The zero-order valence-electron chi connectivity index (χ0n) is 17.6. The lowest BCUT2D eigenvalue weighted by molar-refractivity contribution is -0.130. The van der Waals surface area contributed by atoms with Crippen molar-refractivity contribution in [1.29, 1.82) is 0 Å².